The fourth-order valence-electron chi connectivity index (χ4n) is 1.01. The van der Waals surface area contributed by atoms with Gasteiger partial charge in [0.25, 0.3) is 0 Å². The van der Waals surface area contributed by atoms with Gasteiger partial charge in [0.1, 0.15) is 0 Å². The molecule has 0 saturated carbocycles. The van der Waals surface area contributed by atoms with Crippen LogP contribution >= 0.6 is 0 Å². The van der Waals surface area contributed by atoms with E-state index < -0.39 is 18.2 Å². The molecule has 0 heterocycles. The molecule has 12 heavy (non-hydrogen) atoms. The molecule has 0 spiro atoms. The minimum atomic E-state index is -4.47. The topological polar surface area (TPSA) is 20.2 Å². The van der Waals surface area contributed by atoms with Crippen LogP contribution in [-0.4, -0.2) is 17.4 Å². The van der Waals surface area contributed by atoms with Crippen molar-refractivity contribution < 1.29 is 18.3 Å². The van der Waals surface area contributed by atoms with Crippen molar-refractivity contribution in [3.63, 3.8) is 0 Å². The largest absolute Gasteiger partial charge is 0.414 e. The maximum absolute atomic E-state index is 11.9. The summed E-state index contributed by atoms with van der Waals surface area (Å²) in [6, 6.07) is 0. The lowest BCUT2D eigenvalue weighted by Gasteiger charge is -2.20. The van der Waals surface area contributed by atoms with Gasteiger partial charge >= 0.3 is 6.18 Å². The monoisotopic (exact) mass is 184 g/mol. The van der Waals surface area contributed by atoms with Crippen molar-refractivity contribution in [3.05, 3.63) is 0 Å². The maximum Gasteiger partial charge on any atom is 0.414 e. The Labute approximate surface area is 70.6 Å². The summed E-state index contributed by atoms with van der Waals surface area (Å²) in [7, 11) is 0. The van der Waals surface area contributed by atoms with E-state index in [2.05, 4.69) is 0 Å². The highest BCUT2D eigenvalue weighted by atomic mass is 19.4. The maximum atomic E-state index is 11.9. The van der Waals surface area contributed by atoms with E-state index in [0.717, 1.165) is 12.8 Å². The second-order valence-electron chi connectivity index (χ2n) is 3.11. The Balaban J connectivity index is 3.84. The molecule has 0 aliphatic carbocycles. The Hall–Kier alpha value is -0.250. The summed E-state index contributed by atoms with van der Waals surface area (Å²) in [5, 5.41) is 8.76. The van der Waals surface area contributed by atoms with Crippen LogP contribution in [-0.2, 0) is 0 Å². The molecule has 1 N–H and O–H groups in total. The van der Waals surface area contributed by atoms with Crippen molar-refractivity contribution >= 4 is 0 Å². The first-order chi connectivity index (χ1) is 5.39. The highest BCUT2D eigenvalue weighted by Crippen LogP contribution is 2.27. The van der Waals surface area contributed by atoms with Crippen LogP contribution in [0.4, 0.5) is 13.2 Å². The van der Waals surface area contributed by atoms with Gasteiger partial charge in [0.2, 0.25) is 0 Å². The number of alkyl halides is 3. The Morgan fingerprint density at radius 3 is 2.17 bits per heavy atom. The quantitative estimate of drug-likeness (QED) is 0.712. The number of aliphatic hydroxyl groups excluding tert-OH is 1. The molecule has 0 aromatic heterocycles. The molecule has 0 aliphatic rings. The highest BCUT2D eigenvalue weighted by Gasteiger charge is 2.41. The van der Waals surface area contributed by atoms with Gasteiger partial charge in [-0.25, -0.2) is 0 Å². The number of halogens is 3. The van der Waals surface area contributed by atoms with E-state index in [0.29, 0.717) is 6.42 Å². The number of aliphatic hydroxyl groups is 1. The van der Waals surface area contributed by atoms with Crippen LogP contribution in [0.15, 0.2) is 0 Å². The summed E-state index contributed by atoms with van der Waals surface area (Å²) in [5.41, 5.74) is 0. The predicted molar refractivity (Wildman–Crippen MR) is 40.8 cm³/mol. The summed E-state index contributed by atoms with van der Waals surface area (Å²) >= 11 is 0. The van der Waals surface area contributed by atoms with Crippen molar-refractivity contribution in [2.75, 3.05) is 0 Å². The molecule has 1 unspecified atom stereocenters. The lowest BCUT2D eigenvalue weighted by molar-refractivity contribution is -0.218. The van der Waals surface area contributed by atoms with Gasteiger partial charge in [-0.1, -0.05) is 26.7 Å². The van der Waals surface area contributed by atoms with E-state index in [9.17, 15) is 13.2 Å². The number of rotatable bonds is 4. The number of unbranched alkanes of at least 4 members (excludes halogenated alkanes) is 1. The number of hydrogen-bond donors (Lipinski definition) is 1. The molecule has 4 heteroatoms. The molecule has 0 saturated heterocycles. The zero-order valence-corrected chi connectivity index (χ0v) is 7.36. The van der Waals surface area contributed by atoms with E-state index in [1.165, 1.54) is 6.92 Å². The molecule has 0 fully saturated rings. The first kappa shape index (κ1) is 11.8. The van der Waals surface area contributed by atoms with Crippen molar-refractivity contribution in [1.82, 2.24) is 0 Å². The first-order valence-electron chi connectivity index (χ1n) is 4.14. The summed E-state index contributed by atoms with van der Waals surface area (Å²) in [4.78, 5) is 0. The van der Waals surface area contributed by atoms with Crippen LogP contribution in [0.2, 0.25) is 0 Å². The minimum Gasteiger partial charge on any atom is -0.383 e. The summed E-state index contributed by atoms with van der Waals surface area (Å²) < 4.78 is 35.6. The standard InChI is InChI=1S/C8H15F3O/c1-3-4-5-6(2)7(12)8(9,10)11/h6-7,12H,3-5H2,1-2H3/t6?,7-/m1/s1. The molecular weight excluding hydrogens is 169 g/mol. The number of hydrogen-bond acceptors (Lipinski definition) is 1. The molecule has 0 rings (SSSR count). The van der Waals surface area contributed by atoms with E-state index >= 15 is 0 Å². The Morgan fingerprint density at radius 1 is 1.33 bits per heavy atom. The van der Waals surface area contributed by atoms with E-state index in [-0.39, 0.29) is 0 Å². The van der Waals surface area contributed by atoms with Crippen molar-refractivity contribution in [3.8, 4) is 0 Å². The third-order valence-corrected chi connectivity index (χ3v) is 1.89. The molecule has 0 bridgehead atoms. The van der Waals surface area contributed by atoms with Gasteiger partial charge in [-0.15, -0.1) is 0 Å². The van der Waals surface area contributed by atoms with Crippen LogP contribution in [0.3, 0.4) is 0 Å². The first-order valence-corrected chi connectivity index (χ1v) is 4.14. The Bertz CT molecular complexity index is 122. The van der Waals surface area contributed by atoms with Gasteiger partial charge in [0.15, 0.2) is 6.10 Å². The Kier molecular flexibility index (Phi) is 4.60. The zero-order chi connectivity index (χ0) is 9.78. The third kappa shape index (κ3) is 3.95. The van der Waals surface area contributed by atoms with Crippen molar-refractivity contribution in [2.45, 2.75) is 45.4 Å². The molecule has 0 radical (unpaired) electrons. The summed E-state index contributed by atoms with van der Waals surface area (Å²) in [6.07, 6.45) is -4.61. The van der Waals surface area contributed by atoms with Crippen molar-refractivity contribution in [1.29, 1.82) is 0 Å². The van der Waals surface area contributed by atoms with Gasteiger partial charge in [-0.3, -0.25) is 0 Å². The molecule has 2 atom stereocenters. The van der Waals surface area contributed by atoms with Crippen LogP contribution in [0, 0.1) is 5.92 Å². The fraction of sp³-hybridized carbons (Fsp3) is 1.00. The van der Waals surface area contributed by atoms with Crippen molar-refractivity contribution in [2.24, 2.45) is 5.92 Å². The minimum absolute atomic E-state index is 0.428. The zero-order valence-electron chi connectivity index (χ0n) is 7.36. The molecule has 0 amide bonds. The average Bonchev–Trinajstić information content (AvgIpc) is 1.97. The lowest BCUT2D eigenvalue weighted by atomic mass is 9.98. The highest BCUT2D eigenvalue weighted by molar-refractivity contribution is 4.71. The molecule has 0 aliphatic heterocycles. The second-order valence-corrected chi connectivity index (χ2v) is 3.11. The van der Waals surface area contributed by atoms with Gasteiger partial charge in [0.05, 0.1) is 0 Å². The normalized spacial score (nSPS) is 17.5. The van der Waals surface area contributed by atoms with Gasteiger partial charge in [-0.2, -0.15) is 13.2 Å². The predicted octanol–water partition coefficient (Wildman–Crippen LogP) is 2.74. The van der Waals surface area contributed by atoms with Crippen LogP contribution < -0.4 is 0 Å². The molecule has 1 nitrogen and oxygen atoms in total. The van der Waals surface area contributed by atoms with Crippen LogP contribution in [0.1, 0.15) is 33.1 Å². The average molecular weight is 184 g/mol. The van der Waals surface area contributed by atoms with Gasteiger partial charge in [0, 0.05) is 0 Å². The van der Waals surface area contributed by atoms with Gasteiger partial charge in [-0.05, 0) is 12.3 Å². The van der Waals surface area contributed by atoms with Gasteiger partial charge < -0.3 is 5.11 Å². The third-order valence-electron chi connectivity index (χ3n) is 1.89. The fourth-order valence-corrected chi connectivity index (χ4v) is 1.01. The second kappa shape index (κ2) is 4.70. The molecule has 74 valence electrons. The molecular formula is C8H15F3O. The summed E-state index contributed by atoms with van der Waals surface area (Å²) in [5.74, 6) is -0.690. The molecule has 0 aromatic carbocycles. The smallest absolute Gasteiger partial charge is 0.383 e. The Morgan fingerprint density at radius 2 is 1.83 bits per heavy atom. The molecule has 0 aromatic rings. The lowest BCUT2D eigenvalue weighted by Crippen LogP contribution is -2.34. The summed E-state index contributed by atoms with van der Waals surface area (Å²) in [6.45, 7) is 3.33. The van der Waals surface area contributed by atoms with E-state index in [1.807, 2.05) is 6.92 Å². The van der Waals surface area contributed by atoms with E-state index in [4.69, 9.17) is 5.11 Å². The SMILES string of the molecule is CCCCC(C)[C@@H](O)C(F)(F)F. The van der Waals surface area contributed by atoms with Crippen LogP contribution in [0.5, 0.6) is 0 Å². The van der Waals surface area contributed by atoms with E-state index in [1.54, 1.807) is 0 Å². The van der Waals surface area contributed by atoms with Crippen LogP contribution in [0.25, 0.3) is 0 Å².